The normalized spacial score (nSPS) is 16.2. The highest BCUT2D eigenvalue weighted by Crippen LogP contribution is 2.41. The molecule has 3 heterocycles. The standard InChI is InChI=1S/C29H34FN3O5/c1-17(2)38-24-15-21-18(14-23(24)36-6)10-11-20-26(28(34)32-12-13-37-16-29(32,3)4)31-27(33(20)21)19-8-7-9-22(35-5)25(19)30/h7-9,14-15,17H,10-13,16H2,1-6H3. The summed E-state index contributed by atoms with van der Waals surface area (Å²) in [7, 11) is 3.04. The number of imidazole rings is 1. The van der Waals surface area contributed by atoms with Crippen molar-refractivity contribution in [1.29, 1.82) is 0 Å². The van der Waals surface area contributed by atoms with Crippen LogP contribution in [0.1, 0.15) is 49.4 Å². The Balaban J connectivity index is 1.75. The Morgan fingerprint density at radius 3 is 2.55 bits per heavy atom. The maximum absolute atomic E-state index is 15.6. The largest absolute Gasteiger partial charge is 0.494 e. The predicted molar refractivity (Wildman–Crippen MR) is 141 cm³/mol. The van der Waals surface area contributed by atoms with Crippen LogP contribution in [0.4, 0.5) is 4.39 Å². The number of carbonyl (C=O) groups excluding carboxylic acids is 1. The topological polar surface area (TPSA) is 75.1 Å². The van der Waals surface area contributed by atoms with Crippen molar-refractivity contribution in [1.82, 2.24) is 14.5 Å². The molecule has 0 atom stereocenters. The zero-order valence-electron chi connectivity index (χ0n) is 22.8. The summed E-state index contributed by atoms with van der Waals surface area (Å²) in [4.78, 5) is 20.6. The molecule has 0 spiro atoms. The Morgan fingerprint density at radius 1 is 1.11 bits per heavy atom. The Bertz CT molecular complexity index is 1380. The van der Waals surface area contributed by atoms with Crippen LogP contribution in [0.3, 0.4) is 0 Å². The number of halogens is 1. The summed E-state index contributed by atoms with van der Waals surface area (Å²) >= 11 is 0. The van der Waals surface area contributed by atoms with Gasteiger partial charge in [-0.2, -0.15) is 0 Å². The molecule has 0 unspecified atom stereocenters. The molecule has 0 aliphatic carbocycles. The molecule has 2 aliphatic rings. The molecule has 9 heteroatoms. The van der Waals surface area contributed by atoms with Gasteiger partial charge in [-0.25, -0.2) is 9.37 Å². The number of aromatic nitrogens is 2. The number of fused-ring (bicyclic) bond motifs is 3. The number of morpholine rings is 1. The van der Waals surface area contributed by atoms with E-state index in [1.807, 2.05) is 49.3 Å². The summed E-state index contributed by atoms with van der Waals surface area (Å²) < 4.78 is 40.1. The third-order valence-electron chi connectivity index (χ3n) is 7.09. The number of nitrogens with zero attached hydrogens (tertiary/aromatic N) is 3. The van der Waals surface area contributed by atoms with E-state index in [0.29, 0.717) is 55.6 Å². The van der Waals surface area contributed by atoms with E-state index < -0.39 is 11.4 Å². The van der Waals surface area contributed by atoms with Crippen molar-refractivity contribution in [3.05, 3.63) is 53.1 Å². The van der Waals surface area contributed by atoms with Gasteiger partial charge < -0.3 is 23.8 Å². The average molecular weight is 524 g/mol. The van der Waals surface area contributed by atoms with Crippen molar-refractivity contribution in [2.45, 2.75) is 52.2 Å². The summed E-state index contributed by atoms with van der Waals surface area (Å²) in [6.45, 7) is 9.20. The van der Waals surface area contributed by atoms with Crippen molar-refractivity contribution in [2.24, 2.45) is 0 Å². The van der Waals surface area contributed by atoms with Gasteiger partial charge in [-0.3, -0.25) is 9.36 Å². The molecule has 0 saturated carbocycles. The van der Waals surface area contributed by atoms with Gasteiger partial charge in [0.2, 0.25) is 0 Å². The number of benzene rings is 2. The van der Waals surface area contributed by atoms with Crippen LogP contribution in [0.5, 0.6) is 17.2 Å². The lowest BCUT2D eigenvalue weighted by molar-refractivity contribution is -0.0373. The minimum atomic E-state index is -0.534. The van der Waals surface area contributed by atoms with E-state index in [9.17, 15) is 4.79 Å². The van der Waals surface area contributed by atoms with Gasteiger partial charge in [-0.05, 0) is 64.3 Å². The molecule has 2 aliphatic heterocycles. The molecule has 2 aromatic carbocycles. The molecule has 3 aromatic rings. The number of carbonyl (C=O) groups is 1. The highest BCUT2D eigenvalue weighted by atomic mass is 19.1. The van der Waals surface area contributed by atoms with Gasteiger partial charge in [0.25, 0.3) is 5.91 Å². The summed E-state index contributed by atoms with van der Waals surface area (Å²) in [5.41, 5.74) is 2.60. The van der Waals surface area contributed by atoms with Crippen LogP contribution in [-0.2, 0) is 17.6 Å². The van der Waals surface area contributed by atoms with E-state index in [-0.39, 0.29) is 23.3 Å². The molecular weight excluding hydrogens is 489 g/mol. The first-order chi connectivity index (χ1) is 18.2. The third-order valence-corrected chi connectivity index (χ3v) is 7.09. The smallest absolute Gasteiger partial charge is 0.274 e. The molecule has 1 fully saturated rings. The molecule has 1 saturated heterocycles. The molecule has 1 amide bonds. The number of hydrogen-bond donors (Lipinski definition) is 0. The predicted octanol–water partition coefficient (Wildman–Crippen LogP) is 4.83. The summed E-state index contributed by atoms with van der Waals surface area (Å²) in [6, 6.07) is 8.79. The lowest BCUT2D eigenvalue weighted by Crippen LogP contribution is -2.55. The Hall–Kier alpha value is -3.59. The first kappa shape index (κ1) is 26.0. The molecular formula is C29H34FN3O5. The van der Waals surface area contributed by atoms with E-state index in [1.54, 1.807) is 25.3 Å². The summed E-state index contributed by atoms with van der Waals surface area (Å²) in [6.07, 6.45) is 1.15. The Labute approximate surface area is 222 Å². The van der Waals surface area contributed by atoms with E-state index in [1.165, 1.54) is 7.11 Å². The van der Waals surface area contributed by atoms with Crippen molar-refractivity contribution in [3.8, 4) is 34.3 Å². The van der Waals surface area contributed by atoms with E-state index >= 15 is 4.39 Å². The van der Waals surface area contributed by atoms with Gasteiger partial charge in [0.05, 0.1) is 56.0 Å². The zero-order valence-corrected chi connectivity index (χ0v) is 22.8. The number of hydrogen-bond acceptors (Lipinski definition) is 6. The highest BCUT2D eigenvalue weighted by molar-refractivity contribution is 5.95. The fourth-order valence-electron chi connectivity index (χ4n) is 5.26. The van der Waals surface area contributed by atoms with Gasteiger partial charge in [-0.1, -0.05) is 6.07 Å². The maximum atomic E-state index is 15.6. The fourth-order valence-corrected chi connectivity index (χ4v) is 5.26. The third kappa shape index (κ3) is 4.38. The van der Waals surface area contributed by atoms with Crippen LogP contribution in [0.2, 0.25) is 0 Å². The molecule has 1 aromatic heterocycles. The minimum Gasteiger partial charge on any atom is -0.494 e. The minimum absolute atomic E-state index is 0.0798. The molecule has 0 bridgehead atoms. The molecule has 8 nitrogen and oxygen atoms in total. The molecule has 38 heavy (non-hydrogen) atoms. The molecule has 5 rings (SSSR count). The maximum Gasteiger partial charge on any atom is 0.274 e. The number of amides is 1. The Morgan fingerprint density at radius 2 is 1.87 bits per heavy atom. The fraction of sp³-hybridized carbons (Fsp3) is 0.448. The summed E-state index contributed by atoms with van der Waals surface area (Å²) in [5, 5.41) is 0. The van der Waals surface area contributed by atoms with Crippen LogP contribution in [0, 0.1) is 5.82 Å². The van der Waals surface area contributed by atoms with Gasteiger partial charge in [0, 0.05) is 12.6 Å². The first-order valence-electron chi connectivity index (χ1n) is 12.9. The van der Waals surface area contributed by atoms with Crippen molar-refractivity contribution in [2.75, 3.05) is 34.0 Å². The van der Waals surface area contributed by atoms with Gasteiger partial charge >= 0.3 is 0 Å². The second-order valence-corrected chi connectivity index (χ2v) is 10.5. The first-order valence-corrected chi connectivity index (χ1v) is 12.9. The molecule has 202 valence electrons. The lowest BCUT2D eigenvalue weighted by atomic mass is 9.98. The average Bonchev–Trinajstić information content (AvgIpc) is 3.27. The van der Waals surface area contributed by atoms with Gasteiger partial charge in [0.1, 0.15) is 5.82 Å². The van der Waals surface area contributed by atoms with Crippen molar-refractivity contribution < 1.29 is 28.1 Å². The quantitative estimate of drug-likeness (QED) is 0.461. The second kappa shape index (κ2) is 9.94. The van der Waals surface area contributed by atoms with Crippen molar-refractivity contribution >= 4 is 5.91 Å². The van der Waals surface area contributed by atoms with Crippen LogP contribution >= 0.6 is 0 Å². The summed E-state index contributed by atoms with van der Waals surface area (Å²) in [5.74, 6) is 0.924. The number of rotatable bonds is 6. The number of aryl methyl sites for hydroxylation is 1. The van der Waals surface area contributed by atoms with Crippen molar-refractivity contribution in [3.63, 3.8) is 0 Å². The highest BCUT2D eigenvalue weighted by Gasteiger charge is 2.39. The number of ether oxygens (including phenoxy) is 4. The van der Waals surface area contributed by atoms with E-state index in [2.05, 4.69) is 0 Å². The van der Waals surface area contributed by atoms with Crippen LogP contribution in [0.25, 0.3) is 17.1 Å². The SMILES string of the molecule is COc1cc2c(cc1OC(C)C)-n1c(-c3cccc(OC)c3F)nc(C(=O)N3CCOCC3(C)C)c1CC2. The monoisotopic (exact) mass is 523 g/mol. The van der Waals surface area contributed by atoms with E-state index in [4.69, 9.17) is 23.9 Å². The second-order valence-electron chi connectivity index (χ2n) is 10.5. The molecule has 0 N–H and O–H groups in total. The van der Waals surface area contributed by atoms with Gasteiger partial charge in [0.15, 0.2) is 28.8 Å². The number of methoxy groups -OCH3 is 2. The lowest BCUT2D eigenvalue weighted by Gasteiger charge is -2.41. The van der Waals surface area contributed by atoms with Crippen LogP contribution in [0.15, 0.2) is 30.3 Å². The van der Waals surface area contributed by atoms with Crippen LogP contribution < -0.4 is 14.2 Å². The Kier molecular flexibility index (Phi) is 6.81. The van der Waals surface area contributed by atoms with Gasteiger partial charge in [-0.15, -0.1) is 0 Å². The van der Waals surface area contributed by atoms with Crippen LogP contribution in [-0.4, -0.2) is 66.0 Å². The zero-order chi connectivity index (χ0) is 27.2. The van der Waals surface area contributed by atoms with E-state index in [0.717, 1.165) is 16.9 Å². The molecule has 0 radical (unpaired) electrons.